The number of anilines is 1. The SMILES string of the molecule is Nc1ncnc2c1c(-c1ccc3c(c1)O[C@@H](c1ccccc1)CC3)cn2C1CC(CN2CCNC(=O)C2)C1. The third kappa shape index (κ3) is 4.19. The zero-order chi connectivity index (χ0) is 25.6. The van der Waals surface area contributed by atoms with E-state index in [-0.39, 0.29) is 12.0 Å². The molecular formula is C30H32N6O2. The second kappa shape index (κ2) is 9.44. The van der Waals surface area contributed by atoms with Gasteiger partial charge in [0.2, 0.25) is 5.91 Å². The van der Waals surface area contributed by atoms with Crippen molar-refractivity contribution in [3.63, 3.8) is 0 Å². The van der Waals surface area contributed by atoms with Gasteiger partial charge in [-0.25, -0.2) is 9.97 Å². The molecule has 0 radical (unpaired) electrons. The molecular weight excluding hydrogens is 476 g/mol. The number of hydrogen-bond donors (Lipinski definition) is 2. The molecule has 8 nitrogen and oxygen atoms in total. The quantitative estimate of drug-likeness (QED) is 0.421. The summed E-state index contributed by atoms with van der Waals surface area (Å²) >= 11 is 0. The summed E-state index contributed by atoms with van der Waals surface area (Å²) in [6.45, 7) is 3.15. The number of benzene rings is 2. The lowest BCUT2D eigenvalue weighted by Gasteiger charge is -2.40. The molecule has 1 saturated heterocycles. The van der Waals surface area contributed by atoms with Gasteiger partial charge >= 0.3 is 0 Å². The first-order valence-electron chi connectivity index (χ1n) is 13.6. The molecule has 2 fully saturated rings. The maximum atomic E-state index is 11.8. The van der Waals surface area contributed by atoms with Crippen molar-refractivity contribution in [1.82, 2.24) is 24.8 Å². The largest absolute Gasteiger partial charge is 0.485 e. The van der Waals surface area contributed by atoms with Crippen molar-refractivity contribution in [3.05, 3.63) is 72.2 Å². The molecule has 38 heavy (non-hydrogen) atoms. The molecule has 3 N–H and O–H groups in total. The van der Waals surface area contributed by atoms with Crippen molar-refractivity contribution < 1.29 is 9.53 Å². The molecule has 1 amide bonds. The van der Waals surface area contributed by atoms with Crippen LogP contribution in [0.15, 0.2) is 61.1 Å². The minimum Gasteiger partial charge on any atom is -0.485 e. The van der Waals surface area contributed by atoms with Crippen LogP contribution in [0.3, 0.4) is 0 Å². The molecule has 2 aliphatic heterocycles. The van der Waals surface area contributed by atoms with Crippen molar-refractivity contribution in [2.75, 3.05) is 31.9 Å². The Labute approximate surface area is 221 Å². The van der Waals surface area contributed by atoms with E-state index < -0.39 is 0 Å². The molecule has 4 aromatic rings. The highest BCUT2D eigenvalue weighted by molar-refractivity contribution is 6.01. The number of hydrogen-bond acceptors (Lipinski definition) is 6. The van der Waals surface area contributed by atoms with Crippen LogP contribution in [0.5, 0.6) is 5.75 Å². The number of piperazine rings is 1. The van der Waals surface area contributed by atoms with E-state index in [4.69, 9.17) is 10.5 Å². The number of rotatable bonds is 5. The standard InChI is InChI=1S/C30H32N6O2/c31-29-28-24(22-7-6-21-8-9-25(38-26(21)14-22)20-4-2-1-3-5-20)16-36(30(28)34-18-33-29)23-12-19(13-23)15-35-11-10-32-27(37)17-35/h1-7,14,16,18-19,23,25H,8-13,15,17H2,(H,32,37)(H2,31,33,34)/t19?,23?,25-/m1/s1. The van der Waals surface area contributed by atoms with Gasteiger partial charge in [-0.15, -0.1) is 0 Å². The van der Waals surface area contributed by atoms with E-state index in [0.29, 0.717) is 24.3 Å². The molecule has 8 heteroatoms. The lowest BCUT2D eigenvalue weighted by molar-refractivity contribution is -0.124. The van der Waals surface area contributed by atoms with Crippen molar-refractivity contribution >= 4 is 22.8 Å². The van der Waals surface area contributed by atoms with Crippen molar-refractivity contribution in [3.8, 4) is 16.9 Å². The summed E-state index contributed by atoms with van der Waals surface area (Å²) in [7, 11) is 0. The average molecular weight is 509 g/mol. The van der Waals surface area contributed by atoms with Gasteiger partial charge in [0, 0.05) is 37.4 Å². The van der Waals surface area contributed by atoms with Gasteiger partial charge in [-0.1, -0.05) is 42.5 Å². The summed E-state index contributed by atoms with van der Waals surface area (Å²) in [5, 5.41) is 3.81. The number of nitrogens with zero attached hydrogens (tertiary/aromatic N) is 4. The second-order valence-electron chi connectivity index (χ2n) is 10.9. The lowest BCUT2D eigenvalue weighted by atomic mass is 9.79. The molecule has 194 valence electrons. The Morgan fingerprint density at radius 1 is 1.11 bits per heavy atom. The number of ether oxygens (including phenoxy) is 1. The molecule has 3 aliphatic rings. The van der Waals surface area contributed by atoms with E-state index in [1.807, 2.05) is 6.07 Å². The number of nitrogen functional groups attached to an aromatic ring is 1. The molecule has 1 atom stereocenters. The molecule has 7 rings (SSSR count). The minimum atomic E-state index is 0.0617. The monoisotopic (exact) mass is 508 g/mol. The van der Waals surface area contributed by atoms with Crippen molar-refractivity contribution in [2.24, 2.45) is 5.92 Å². The van der Waals surface area contributed by atoms with Crippen LogP contribution in [0.2, 0.25) is 0 Å². The predicted molar refractivity (Wildman–Crippen MR) is 147 cm³/mol. The molecule has 2 aromatic carbocycles. The Balaban J connectivity index is 1.16. The average Bonchev–Trinajstić information content (AvgIpc) is 3.31. The zero-order valence-electron chi connectivity index (χ0n) is 21.3. The summed E-state index contributed by atoms with van der Waals surface area (Å²) < 4.78 is 8.79. The van der Waals surface area contributed by atoms with Crippen LogP contribution < -0.4 is 15.8 Å². The predicted octanol–water partition coefficient (Wildman–Crippen LogP) is 4.13. The Morgan fingerprint density at radius 2 is 1.97 bits per heavy atom. The summed E-state index contributed by atoms with van der Waals surface area (Å²) in [6.07, 6.45) is 7.91. The number of nitrogens with one attached hydrogen (secondary N) is 1. The van der Waals surface area contributed by atoms with E-state index in [0.717, 1.165) is 73.2 Å². The highest BCUT2D eigenvalue weighted by Crippen LogP contribution is 2.44. The first-order chi connectivity index (χ1) is 18.6. The highest BCUT2D eigenvalue weighted by Gasteiger charge is 2.34. The Kier molecular flexibility index (Phi) is 5.77. The summed E-state index contributed by atoms with van der Waals surface area (Å²) in [5.74, 6) is 2.15. The van der Waals surface area contributed by atoms with Gasteiger partial charge in [0.15, 0.2) is 0 Å². The highest BCUT2D eigenvalue weighted by atomic mass is 16.5. The van der Waals surface area contributed by atoms with Crippen molar-refractivity contribution in [2.45, 2.75) is 37.8 Å². The van der Waals surface area contributed by atoms with E-state index in [9.17, 15) is 4.79 Å². The third-order valence-electron chi connectivity index (χ3n) is 8.37. The number of carbonyl (C=O) groups is 1. The first kappa shape index (κ1) is 23.2. The van der Waals surface area contributed by atoms with Crippen LogP contribution >= 0.6 is 0 Å². The van der Waals surface area contributed by atoms with Gasteiger partial charge in [0.05, 0.1) is 11.9 Å². The number of nitrogens with two attached hydrogens (primary N) is 1. The van der Waals surface area contributed by atoms with Crippen LogP contribution in [-0.2, 0) is 11.2 Å². The van der Waals surface area contributed by atoms with Crippen molar-refractivity contribution in [1.29, 1.82) is 0 Å². The fourth-order valence-electron chi connectivity index (χ4n) is 6.33. The van der Waals surface area contributed by atoms with Gasteiger partial charge in [0.25, 0.3) is 0 Å². The fraction of sp³-hybridized carbons (Fsp3) is 0.367. The van der Waals surface area contributed by atoms with Gasteiger partial charge in [-0.2, -0.15) is 0 Å². The smallest absolute Gasteiger partial charge is 0.234 e. The Hall–Kier alpha value is -3.91. The van der Waals surface area contributed by atoms with Gasteiger partial charge in [-0.3, -0.25) is 9.69 Å². The number of carbonyl (C=O) groups excluding carboxylic acids is 1. The van der Waals surface area contributed by atoms with Gasteiger partial charge in [0.1, 0.15) is 29.6 Å². The maximum absolute atomic E-state index is 11.8. The molecule has 4 heterocycles. The molecule has 2 aromatic heterocycles. The summed E-state index contributed by atoms with van der Waals surface area (Å²) in [5.41, 5.74) is 11.9. The first-order valence-corrected chi connectivity index (χ1v) is 13.6. The topological polar surface area (TPSA) is 98.3 Å². The number of aryl methyl sites for hydroxylation is 1. The zero-order valence-corrected chi connectivity index (χ0v) is 21.3. The normalized spacial score (nSPS) is 23.4. The number of fused-ring (bicyclic) bond motifs is 2. The van der Waals surface area contributed by atoms with Crippen LogP contribution in [0.25, 0.3) is 22.2 Å². The molecule has 1 aliphatic carbocycles. The number of amides is 1. The Bertz CT molecular complexity index is 1490. The van der Waals surface area contributed by atoms with E-state index >= 15 is 0 Å². The summed E-state index contributed by atoms with van der Waals surface area (Å²) in [4.78, 5) is 23.0. The minimum absolute atomic E-state index is 0.0617. The van der Waals surface area contributed by atoms with Crippen LogP contribution in [-0.4, -0.2) is 51.5 Å². The summed E-state index contributed by atoms with van der Waals surface area (Å²) in [6, 6.07) is 17.3. The fourth-order valence-corrected chi connectivity index (χ4v) is 6.33. The van der Waals surface area contributed by atoms with Gasteiger partial charge < -0.3 is 20.4 Å². The molecule has 0 unspecified atom stereocenters. The molecule has 0 spiro atoms. The Morgan fingerprint density at radius 3 is 2.82 bits per heavy atom. The number of aromatic nitrogens is 3. The van der Waals surface area contributed by atoms with Crippen LogP contribution in [0.1, 0.15) is 42.5 Å². The van der Waals surface area contributed by atoms with Crippen LogP contribution in [0.4, 0.5) is 5.82 Å². The molecule has 1 saturated carbocycles. The van der Waals surface area contributed by atoms with Crippen LogP contribution in [0, 0.1) is 5.92 Å². The third-order valence-corrected chi connectivity index (χ3v) is 8.37. The van der Waals surface area contributed by atoms with Gasteiger partial charge in [-0.05, 0) is 54.4 Å². The van der Waals surface area contributed by atoms with E-state index in [1.165, 1.54) is 11.1 Å². The lowest BCUT2D eigenvalue weighted by Crippen LogP contribution is -2.50. The second-order valence-corrected chi connectivity index (χ2v) is 10.9. The van der Waals surface area contributed by atoms with E-state index in [1.54, 1.807) is 6.33 Å². The molecule has 0 bridgehead atoms. The maximum Gasteiger partial charge on any atom is 0.234 e. The van der Waals surface area contributed by atoms with E-state index in [2.05, 4.69) is 73.4 Å².